The number of halogens is 4. The quantitative estimate of drug-likeness (QED) is 0.0249. The molecular weight excluding hydrogens is 662 g/mol. The van der Waals surface area contributed by atoms with Crippen molar-refractivity contribution in [3.05, 3.63) is 58.7 Å². The fourth-order valence-corrected chi connectivity index (χ4v) is 4.72. The van der Waals surface area contributed by atoms with Crippen molar-refractivity contribution in [2.45, 2.75) is 51.0 Å². The zero-order valence-electron chi connectivity index (χ0n) is 25.8. The predicted octanol–water partition coefficient (Wildman–Crippen LogP) is -1.33. The van der Waals surface area contributed by atoms with Crippen LogP contribution in [0.5, 0.6) is 0 Å². The van der Waals surface area contributed by atoms with Crippen LogP contribution in [-0.4, -0.2) is 90.4 Å². The highest BCUT2D eigenvalue weighted by Crippen LogP contribution is 2.15. The van der Waals surface area contributed by atoms with Crippen LogP contribution in [0.3, 0.4) is 0 Å². The lowest BCUT2D eigenvalue weighted by Crippen LogP contribution is -2.45. The zero-order chi connectivity index (χ0) is 35.8. The molecule has 0 aliphatic heterocycles. The number of hydrogen-bond donors (Lipinski definition) is 9. The van der Waals surface area contributed by atoms with Crippen LogP contribution in [0, 0.1) is 23.3 Å². The first-order valence-electron chi connectivity index (χ1n) is 14.9. The summed E-state index contributed by atoms with van der Waals surface area (Å²) in [5.74, 6) is -9.03. The Morgan fingerprint density at radius 1 is 0.854 bits per heavy atom. The van der Waals surface area contributed by atoms with Gasteiger partial charge in [0.25, 0.3) is 11.8 Å². The molecule has 0 saturated heterocycles. The molecule has 261 valence electrons. The van der Waals surface area contributed by atoms with Crippen LogP contribution in [0.1, 0.15) is 65.7 Å². The Kier molecular flexibility index (Phi) is 17.4. The minimum absolute atomic E-state index is 0.0240. The summed E-state index contributed by atoms with van der Waals surface area (Å²) < 4.78 is 57.1. The summed E-state index contributed by atoms with van der Waals surface area (Å²) in [6.45, 7) is -0.229. The molecule has 2 aromatic carbocycles. The van der Waals surface area contributed by atoms with Gasteiger partial charge in [-0.1, -0.05) is 37.8 Å². The molecular formula is C28H37B2F4N6O7S. The number of nitrogens with one attached hydrogen (secondary N) is 4. The summed E-state index contributed by atoms with van der Waals surface area (Å²) in [6.07, 6.45) is 3.01. The highest BCUT2D eigenvalue weighted by molar-refractivity contribution is 7.78. The van der Waals surface area contributed by atoms with E-state index in [-0.39, 0.29) is 19.6 Å². The van der Waals surface area contributed by atoms with Gasteiger partial charge >= 0.3 is 14.6 Å². The highest BCUT2D eigenvalue weighted by atomic mass is 32.1. The minimum atomic E-state index is -2.25. The smallest absolute Gasteiger partial charge is 0.450 e. The Balaban J connectivity index is 1.92. The van der Waals surface area contributed by atoms with Crippen molar-refractivity contribution < 1.29 is 51.8 Å². The maximum atomic E-state index is 14.7. The molecule has 9 N–H and O–H groups in total. The monoisotopic (exact) mass is 699 g/mol. The second-order valence-electron chi connectivity index (χ2n) is 10.6. The Bertz CT molecular complexity index is 1430. The van der Waals surface area contributed by atoms with E-state index in [0.717, 1.165) is 29.2 Å². The van der Waals surface area contributed by atoms with E-state index in [0.29, 0.717) is 52.4 Å². The van der Waals surface area contributed by atoms with Crippen LogP contribution in [0.2, 0.25) is 0 Å². The van der Waals surface area contributed by atoms with Crippen molar-refractivity contribution in [2.75, 3.05) is 26.2 Å². The Hall–Kier alpha value is -3.68. The summed E-state index contributed by atoms with van der Waals surface area (Å²) in [6, 6.07) is 3.14. The second kappa shape index (κ2) is 20.6. The molecule has 0 aliphatic carbocycles. The van der Waals surface area contributed by atoms with Crippen molar-refractivity contribution in [1.29, 1.82) is 0 Å². The van der Waals surface area contributed by atoms with Crippen molar-refractivity contribution in [3.63, 3.8) is 0 Å². The third-order valence-corrected chi connectivity index (χ3v) is 7.33. The van der Waals surface area contributed by atoms with E-state index in [1.807, 2.05) is 0 Å². The number of rotatable bonds is 21. The first-order chi connectivity index (χ1) is 22.8. The normalized spacial score (nSPS) is 11.5. The minimum Gasteiger partial charge on any atom is -0.450 e. The van der Waals surface area contributed by atoms with Crippen LogP contribution in [0.15, 0.2) is 24.3 Å². The van der Waals surface area contributed by atoms with Crippen LogP contribution in [0.4, 0.5) is 17.6 Å². The number of nitrogens with zero attached hydrogens (tertiary/aromatic N) is 1. The highest BCUT2D eigenvalue weighted by Gasteiger charge is 2.26. The molecule has 1 radical (unpaired) electrons. The summed E-state index contributed by atoms with van der Waals surface area (Å²) in [4.78, 5) is 52.9. The molecule has 0 unspecified atom stereocenters. The Morgan fingerprint density at radius 3 is 2.12 bits per heavy atom. The van der Waals surface area contributed by atoms with E-state index in [2.05, 4.69) is 33.7 Å². The topological polar surface area (TPSA) is 206 Å². The summed E-state index contributed by atoms with van der Waals surface area (Å²) in [7, 11) is -1.90. The molecule has 0 bridgehead atoms. The van der Waals surface area contributed by atoms with Crippen molar-refractivity contribution in [1.82, 2.24) is 25.8 Å². The molecule has 48 heavy (non-hydrogen) atoms. The molecule has 0 aromatic heterocycles. The Morgan fingerprint density at radius 2 is 1.48 bits per heavy atom. The van der Waals surface area contributed by atoms with Crippen molar-refractivity contribution in [3.8, 4) is 0 Å². The number of thiol groups is 1. The number of amides is 4. The number of carbonyl (C=O) groups excluding carboxylic acids is 4. The van der Waals surface area contributed by atoms with Gasteiger partial charge in [0, 0.05) is 25.1 Å². The third-order valence-electron chi connectivity index (χ3n) is 7.20. The molecule has 2 aromatic rings. The van der Waals surface area contributed by atoms with Crippen LogP contribution < -0.4 is 37.5 Å². The molecule has 4 amide bonds. The Labute approximate surface area is 280 Å². The number of hydrogen-bond acceptors (Lipinski definition) is 10. The standard InChI is InChI=1S/C28H37B2F4N6O7S/c31-22-16(9-11-19(25(22)34)30(46)47)27(43)37-13-4-1-2-6-14-40(28(44)17-8-10-18(29-45)24(33)23(17)32)15-21(41)36-12-5-3-7-20(26(35)42)38-39-48/h8-11,20,38-39,45-48H,1-7,12-15H2,(H2,35,42)(H,36,41)(H,37,43)/t20-/m0/s1. The molecule has 0 spiro atoms. The maximum absolute atomic E-state index is 14.7. The summed E-state index contributed by atoms with van der Waals surface area (Å²) >= 11 is 3.76. The van der Waals surface area contributed by atoms with E-state index in [1.165, 1.54) is 0 Å². The molecule has 0 fully saturated rings. The zero-order valence-corrected chi connectivity index (χ0v) is 26.7. The van der Waals surface area contributed by atoms with E-state index in [1.54, 1.807) is 0 Å². The number of nitrogens with two attached hydrogens (primary N) is 1. The van der Waals surface area contributed by atoms with Gasteiger partial charge in [-0.15, -0.1) is 0 Å². The summed E-state index contributed by atoms with van der Waals surface area (Å²) in [5, 5.41) is 32.2. The van der Waals surface area contributed by atoms with Gasteiger partial charge in [-0.2, -0.15) is 0 Å². The van der Waals surface area contributed by atoms with Gasteiger partial charge in [-0.3, -0.25) is 19.2 Å². The average molecular weight is 699 g/mol. The molecule has 0 saturated carbocycles. The lowest BCUT2D eigenvalue weighted by molar-refractivity contribution is -0.122. The molecule has 2 rings (SSSR count). The number of unbranched alkanes of at least 4 members (excludes halogenated alkanes) is 4. The molecule has 0 aliphatic rings. The third kappa shape index (κ3) is 12.1. The van der Waals surface area contributed by atoms with E-state index >= 15 is 0 Å². The van der Waals surface area contributed by atoms with Gasteiger partial charge in [0.05, 0.1) is 17.7 Å². The number of carbonyl (C=O) groups is 4. The first-order valence-corrected chi connectivity index (χ1v) is 15.4. The number of benzene rings is 2. The fourth-order valence-electron chi connectivity index (χ4n) is 4.56. The summed E-state index contributed by atoms with van der Waals surface area (Å²) in [5.41, 5.74) is 5.43. The molecule has 0 heterocycles. The maximum Gasteiger partial charge on any atom is 0.491 e. The van der Waals surface area contributed by atoms with Crippen molar-refractivity contribution in [2.24, 2.45) is 5.73 Å². The molecule has 1 atom stereocenters. The lowest BCUT2D eigenvalue weighted by atomic mass is 9.79. The largest absolute Gasteiger partial charge is 0.491 e. The van der Waals surface area contributed by atoms with Gasteiger partial charge in [0.15, 0.2) is 23.3 Å². The van der Waals surface area contributed by atoms with Gasteiger partial charge in [-0.25, -0.2) is 27.8 Å². The van der Waals surface area contributed by atoms with Gasteiger partial charge in [0.2, 0.25) is 11.8 Å². The SMILES string of the molecule is NC(=O)[C@H](CCCCNC(=O)CN(CCCCCCNC(=O)c1ccc(B(O)O)c(F)c1F)C(=O)c1ccc([B]O)c(F)c1F)NNS. The van der Waals surface area contributed by atoms with Crippen LogP contribution >= 0.6 is 12.8 Å². The van der Waals surface area contributed by atoms with Crippen LogP contribution in [0.25, 0.3) is 0 Å². The van der Waals surface area contributed by atoms with Gasteiger partial charge < -0.3 is 36.3 Å². The molecule has 20 heteroatoms. The average Bonchev–Trinajstić information content (AvgIpc) is 3.04. The number of primary amides is 1. The fraction of sp³-hybridized carbons (Fsp3) is 0.429. The number of hydrazine groups is 1. The second-order valence-corrected chi connectivity index (χ2v) is 10.8. The van der Waals surface area contributed by atoms with Gasteiger partial charge in [-0.05, 0) is 49.7 Å². The van der Waals surface area contributed by atoms with Crippen LogP contribution in [-0.2, 0) is 9.59 Å². The van der Waals surface area contributed by atoms with E-state index in [9.17, 15) is 36.7 Å². The van der Waals surface area contributed by atoms with E-state index in [4.69, 9.17) is 20.8 Å². The van der Waals surface area contributed by atoms with E-state index < -0.39 is 88.7 Å². The molecule has 13 nitrogen and oxygen atoms in total. The van der Waals surface area contributed by atoms with Crippen molar-refractivity contribution >= 4 is 62.0 Å². The lowest BCUT2D eigenvalue weighted by Gasteiger charge is -2.23. The van der Waals surface area contributed by atoms with Gasteiger partial charge in [0.1, 0.15) is 6.04 Å². The first kappa shape index (κ1) is 40.5. The predicted molar refractivity (Wildman–Crippen MR) is 172 cm³/mol.